The lowest BCUT2D eigenvalue weighted by Crippen LogP contribution is -2.23. The van der Waals surface area contributed by atoms with Crippen LogP contribution in [0.25, 0.3) is 10.1 Å². The monoisotopic (exact) mass is 358 g/mol. The van der Waals surface area contributed by atoms with Crippen molar-refractivity contribution in [1.82, 2.24) is 10.5 Å². The van der Waals surface area contributed by atoms with E-state index < -0.39 is 11.9 Å². The number of fused-ring (bicyclic) bond motifs is 1. The van der Waals surface area contributed by atoms with E-state index in [1.54, 1.807) is 6.07 Å². The molecule has 0 fully saturated rings. The maximum Gasteiger partial charge on any atom is 0.346 e. The molecule has 0 saturated carbocycles. The third-order valence-electron chi connectivity index (χ3n) is 4.19. The van der Waals surface area contributed by atoms with Gasteiger partial charge in [0.25, 0.3) is 5.91 Å². The molecule has 2 aromatic heterocycles. The van der Waals surface area contributed by atoms with E-state index in [4.69, 9.17) is 4.52 Å². The molecule has 0 aliphatic rings. The number of hydrogen-bond donors (Lipinski definition) is 2. The number of thiophene rings is 1. The van der Waals surface area contributed by atoms with Gasteiger partial charge < -0.3 is 14.9 Å². The molecule has 25 heavy (non-hydrogen) atoms. The molecule has 0 spiro atoms. The van der Waals surface area contributed by atoms with Gasteiger partial charge in [-0.1, -0.05) is 37.2 Å². The highest BCUT2D eigenvalue weighted by molar-refractivity contribution is 7.21. The van der Waals surface area contributed by atoms with Gasteiger partial charge in [-0.05, 0) is 17.9 Å². The molecule has 2 heterocycles. The third-order valence-corrected chi connectivity index (χ3v) is 5.39. The Labute approximate surface area is 148 Å². The molecule has 7 heteroatoms. The van der Waals surface area contributed by atoms with Crippen molar-refractivity contribution in [3.63, 3.8) is 0 Å². The molecule has 2 N–H and O–H groups in total. The fourth-order valence-corrected chi connectivity index (χ4v) is 3.60. The van der Waals surface area contributed by atoms with Gasteiger partial charge in [0.1, 0.15) is 4.88 Å². The Bertz CT molecular complexity index is 928. The number of hydrogen-bond acceptors (Lipinski definition) is 5. The average Bonchev–Trinajstić information content (AvgIpc) is 3.24. The zero-order chi connectivity index (χ0) is 18.0. The number of nitrogens with one attached hydrogen (secondary N) is 1. The summed E-state index contributed by atoms with van der Waals surface area (Å²) in [4.78, 5) is 24.0. The van der Waals surface area contributed by atoms with Crippen LogP contribution in [0.2, 0.25) is 0 Å². The summed E-state index contributed by atoms with van der Waals surface area (Å²) in [5.41, 5.74) is 1.34. The first kappa shape index (κ1) is 17.2. The largest absolute Gasteiger partial charge is 0.477 e. The van der Waals surface area contributed by atoms with Crippen molar-refractivity contribution in [2.75, 3.05) is 0 Å². The van der Waals surface area contributed by atoms with Gasteiger partial charge in [0.2, 0.25) is 5.76 Å². The smallest absolute Gasteiger partial charge is 0.346 e. The highest BCUT2D eigenvalue weighted by Gasteiger charge is 2.20. The zero-order valence-electron chi connectivity index (χ0n) is 13.9. The Hall–Kier alpha value is -2.67. The molecular weight excluding hydrogens is 340 g/mol. The second kappa shape index (κ2) is 7.06. The maximum absolute atomic E-state index is 12.3. The minimum absolute atomic E-state index is 0.115. The van der Waals surface area contributed by atoms with Crippen molar-refractivity contribution in [3.8, 4) is 0 Å². The van der Waals surface area contributed by atoms with Gasteiger partial charge in [-0.2, -0.15) is 0 Å². The molecule has 0 aliphatic heterocycles. The van der Waals surface area contributed by atoms with Crippen LogP contribution in [0.1, 0.15) is 57.7 Å². The minimum atomic E-state index is -0.996. The molecule has 130 valence electrons. The molecular formula is C18H18N2O4S. The number of carbonyl (C=O) groups is 2. The van der Waals surface area contributed by atoms with Crippen molar-refractivity contribution in [3.05, 3.63) is 52.2 Å². The topological polar surface area (TPSA) is 92.4 Å². The first-order valence-electron chi connectivity index (χ1n) is 7.99. The van der Waals surface area contributed by atoms with Gasteiger partial charge >= 0.3 is 5.97 Å². The Morgan fingerprint density at radius 1 is 1.36 bits per heavy atom. The van der Waals surface area contributed by atoms with E-state index in [1.165, 1.54) is 11.3 Å². The molecule has 3 aromatic rings. The lowest BCUT2D eigenvalue weighted by molar-refractivity contribution is 0.0699. The predicted octanol–water partition coefficient (Wildman–Crippen LogP) is 4.03. The average molecular weight is 358 g/mol. The van der Waals surface area contributed by atoms with Crippen LogP contribution >= 0.6 is 11.3 Å². The number of amides is 1. The number of rotatable bonds is 6. The minimum Gasteiger partial charge on any atom is -0.477 e. The summed E-state index contributed by atoms with van der Waals surface area (Å²) in [6.45, 7) is 4.16. The van der Waals surface area contributed by atoms with Crippen LogP contribution in [0.3, 0.4) is 0 Å². The van der Waals surface area contributed by atoms with Crippen LogP contribution in [-0.4, -0.2) is 22.1 Å². The SMILES string of the molecule is CC[C@@H](C)c1cc(C(=O)NCc2c(C(=O)O)sc3ccccc23)on1. The normalized spacial score (nSPS) is 12.2. The van der Waals surface area contributed by atoms with E-state index >= 15 is 0 Å². The fraction of sp³-hybridized carbons (Fsp3) is 0.278. The molecule has 1 amide bonds. The summed E-state index contributed by atoms with van der Waals surface area (Å²) in [7, 11) is 0. The first-order chi connectivity index (χ1) is 12.0. The van der Waals surface area contributed by atoms with Crippen molar-refractivity contribution >= 4 is 33.3 Å². The number of carboxylic acid groups (broad SMARTS) is 1. The number of aromatic nitrogens is 1. The fourth-order valence-electron chi connectivity index (χ4n) is 2.54. The number of benzene rings is 1. The number of carboxylic acids is 1. The quantitative estimate of drug-likeness (QED) is 0.694. The molecule has 0 radical (unpaired) electrons. The molecule has 0 unspecified atom stereocenters. The van der Waals surface area contributed by atoms with Crippen LogP contribution in [0.15, 0.2) is 34.9 Å². The molecule has 1 aromatic carbocycles. The van der Waals surface area contributed by atoms with Gasteiger partial charge in [-0.25, -0.2) is 4.79 Å². The van der Waals surface area contributed by atoms with Crippen LogP contribution in [0.5, 0.6) is 0 Å². The zero-order valence-corrected chi connectivity index (χ0v) is 14.7. The lowest BCUT2D eigenvalue weighted by Gasteiger charge is -2.04. The van der Waals surface area contributed by atoms with E-state index in [0.717, 1.165) is 22.2 Å². The van der Waals surface area contributed by atoms with Crippen molar-refractivity contribution in [1.29, 1.82) is 0 Å². The highest BCUT2D eigenvalue weighted by Crippen LogP contribution is 2.31. The predicted molar refractivity (Wildman–Crippen MR) is 95.2 cm³/mol. The Kier molecular flexibility index (Phi) is 4.85. The van der Waals surface area contributed by atoms with Gasteiger partial charge in [-0.15, -0.1) is 11.3 Å². The van der Waals surface area contributed by atoms with E-state index in [-0.39, 0.29) is 23.1 Å². The van der Waals surface area contributed by atoms with Crippen LogP contribution in [0, 0.1) is 0 Å². The van der Waals surface area contributed by atoms with Gasteiger partial charge in [-0.3, -0.25) is 4.79 Å². The molecule has 0 bridgehead atoms. The molecule has 1 atom stereocenters. The van der Waals surface area contributed by atoms with Crippen molar-refractivity contribution in [2.24, 2.45) is 0 Å². The summed E-state index contributed by atoms with van der Waals surface area (Å²) in [6, 6.07) is 9.06. The highest BCUT2D eigenvalue weighted by atomic mass is 32.1. The lowest BCUT2D eigenvalue weighted by atomic mass is 10.1. The summed E-state index contributed by atoms with van der Waals surface area (Å²) >= 11 is 1.20. The van der Waals surface area contributed by atoms with Crippen LogP contribution in [0.4, 0.5) is 0 Å². The number of carbonyl (C=O) groups excluding carboxylic acids is 1. The third kappa shape index (κ3) is 3.41. The molecule has 0 saturated heterocycles. The summed E-state index contributed by atoms with van der Waals surface area (Å²) in [6.07, 6.45) is 0.899. The van der Waals surface area contributed by atoms with E-state index in [1.807, 2.05) is 38.1 Å². The Balaban J connectivity index is 1.80. The van der Waals surface area contributed by atoms with Crippen LogP contribution < -0.4 is 5.32 Å². The number of nitrogens with zero attached hydrogens (tertiary/aromatic N) is 1. The second-order valence-corrected chi connectivity index (χ2v) is 6.87. The standard InChI is InChI=1S/C18H18N2O4S/c1-3-10(2)13-8-14(24-20-13)17(21)19-9-12-11-6-4-5-7-15(11)25-16(12)18(22)23/h4-8,10H,3,9H2,1-2H3,(H,19,21)(H,22,23)/t10-/m1/s1. The van der Waals surface area contributed by atoms with Gasteiger partial charge in [0.15, 0.2) is 0 Å². The van der Waals surface area contributed by atoms with Gasteiger partial charge in [0, 0.05) is 28.8 Å². The Morgan fingerprint density at radius 2 is 2.12 bits per heavy atom. The summed E-state index contributed by atoms with van der Waals surface area (Å²) in [5, 5.41) is 16.9. The van der Waals surface area contributed by atoms with E-state index in [2.05, 4.69) is 10.5 Å². The van der Waals surface area contributed by atoms with Crippen molar-refractivity contribution < 1.29 is 19.2 Å². The number of aromatic carboxylic acids is 1. The summed E-state index contributed by atoms with van der Waals surface area (Å²) < 4.78 is 5.99. The van der Waals surface area contributed by atoms with E-state index in [0.29, 0.717) is 5.56 Å². The summed E-state index contributed by atoms with van der Waals surface area (Å²) in [5.74, 6) is -1.06. The Morgan fingerprint density at radius 3 is 2.84 bits per heavy atom. The molecule has 3 rings (SSSR count). The first-order valence-corrected chi connectivity index (χ1v) is 8.81. The molecule has 6 nitrogen and oxygen atoms in total. The van der Waals surface area contributed by atoms with E-state index in [9.17, 15) is 14.7 Å². The van der Waals surface area contributed by atoms with Gasteiger partial charge in [0.05, 0.1) is 5.69 Å². The van der Waals surface area contributed by atoms with Crippen molar-refractivity contribution in [2.45, 2.75) is 32.7 Å². The maximum atomic E-state index is 12.3. The van der Waals surface area contributed by atoms with Crippen LogP contribution in [-0.2, 0) is 6.54 Å². The second-order valence-electron chi connectivity index (χ2n) is 5.82. The molecule has 0 aliphatic carbocycles.